The molecule has 1 aliphatic carbocycles. The molecule has 1 saturated carbocycles. The highest BCUT2D eigenvalue weighted by atomic mass is 16.5. The third kappa shape index (κ3) is 5.43. The third-order valence-corrected chi connectivity index (χ3v) is 6.41. The molecule has 0 spiro atoms. The fourth-order valence-corrected chi connectivity index (χ4v) is 4.36. The van der Waals surface area contributed by atoms with Crippen LogP contribution in [0.4, 0.5) is 5.69 Å². The first-order valence-electron chi connectivity index (χ1n) is 10.8. The molecule has 0 aromatic heterocycles. The summed E-state index contributed by atoms with van der Waals surface area (Å²) >= 11 is 0. The second kappa shape index (κ2) is 8.64. The number of ether oxygens (including phenoxy) is 1. The number of anilines is 1. The number of carboxylic acids is 1. The van der Waals surface area contributed by atoms with Crippen molar-refractivity contribution < 1.29 is 14.6 Å². The highest BCUT2D eigenvalue weighted by molar-refractivity contribution is 5.87. The highest BCUT2D eigenvalue weighted by Crippen LogP contribution is 2.39. The van der Waals surface area contributed by atoms with E-state index in [-0.39, 0.29) is 0 Å². The van der Waals surface area contributed by atoms with Crippen molar-refractivity contribution in [3.8, 4) is 5.75 Å². The van der Waals surface area contributed by atoms with Gasteiger partial charge < -0.3 is 14.7 Å². The van der Waals surface area contributed by atoms with E-state index in [9.17, 15) is 4.79 Å². The van der Waals surface area contributed by atoms with Crippen molar-refractivity contribution in [1.82, 2.24) is 0 Å². The molecule has 1 N–H and O–H groups in total. The van der Waals surface area contributed by atoms with Crippen molar-refractivity contribution in [3.05, 3.63) is 36.4 Å². The Hall–Kier alpha value is -2.23. The van der Waals surface area contributed by atoms with E-state index < -0.39 is 11.9 Å². The fourth-order valence-electron chi connectivity index (χ4n) is 4.36. The van der Waals surface area contributed by atoms with E-state index in [4.69, 9.17) is 9.84 Å². The van der Waals surface area contributed by atoms with Gasteiger partial charge in [0.1, 0.15) is 5.75 Å². The second-order valence-corrected chi connectivity index (χ2v) is 9.77. The minimum Gasteiger partial charge on any atom is -0.490 e. The predicted octanol–water partition coefficient (Wildman–Crippen LogP) is 5.98. The molecule has 0 radical (unpaired) electrons. The summed E-state index contributed by atoms with van der Waals surface area (Å²) in [5, 5.41) is 11.4. The van der Waals surface area contributed by atoms with Gasteiger partial charge in [-0.05, 0) is 72.1 Å². The largest absolute Gasteiger partial charge is 0.490 e. The van der Waals surface area contributed by atoms with Crippen molar-refractivity contribution in [2.75, 3.05) is 18.5 Å². The molecule has 0 heterocycles. The molecule has 1 aliphatic rings. The Labute approximate surface area is 174 Å². The SMILES string of the molecule is CC(CN(C)c1ccc2cc(OC3CCC(C(C)(C)C)CC3)ccc2c1)C(=O)O. The Balaban J connectivity index is 1.64. The average molecular weight is 398 g/mol. The van der Waals surface area contributed by atoms with Gasteiger partial charge in [0.2, 0.25) is 0 Å². The van der Waals surface area contributed by atoms with Gasteiger partial charge in [0.25, 0.3) is 0 Å². The molecule has 0 saturated heterocycles. The average Bonchev–Trinajstić information content (AvgIpc) is 2.67. The summed E-state index contributed by atoms with van der Waals surface area (Å²) in [6.07, 6.45) is 5.06. The fraction of sp³-hybridized carbons (Fsp3) is 0.560. The molecule has 1 fully saturated rings. The number of aliphatic carboxylic acids is 1. The predicted molar refractivity (Wildman–Crippen MR) is 120 cm³/mol. The maximum Gasteiger partial charge on any atom is 0.308 e. The highest BCUT2D eigenvalue weighted by Gasteiger charge is 2.30. The molecule has 4 nitrogen and oxygen atoms in total. The number of fused-ring (bicyclic) bond motifs is 1. The molecular weight excluding hydrogens is 362 g/mol. The normalized spacial score (nSPS) is 21.0. The molecule has 0 bridgehead atoms. The van der Waals surface area contributed by atoms with E-state index in [1.165, 1.54) is 12.8 Å². The maximum atomic E-state index is 11.1. The van der Waals surface area contributed by atoms with Crippen LogP contribution in [0.2, 0.25) is 0 Å². The quantitative estimate of drug-likeness (QED) is 0.651. The lowest BCUT2D eigenvalue weighted by atomic mass is 9.72. The van der Waals surface area contributed by atoms with Crippen molar-refractivity contribution >= 4 is 22.4 Å². The lowest BCUT2D eigenvalue weighted by Crippen LogP contribution is -2.30. The topological polar surface area (TPSA) is 49.8 Å². The van der Waals surface area contributed by atoms with Crippen molar-refractivity contribution in [3.63, 3.8) is 0 Å². The molecule has 2 aromatic rings. The Morgan fingerprint density at radius 1 is 1.10 bits per heavy atom. The van der Waals surface area contributed by atoms with Crippen LogP contribution >= 0.6 is 0 Å². The summed E-state index contributed by atoms with van der Waals surface area (Å²) < 4.78 is 6.31. The van der Waals surface area contributed by atoms with Crippen LogP contribution in [-0.2, 0) is 4.79 Å². The second-order valence-electron chi connectivity index (χ2n) is 9.77. The summed E-state index contributed by atoms with van der Waals surface area (Å²) in [6.45, 7) is 9.25. The van der Waals surface area contributed by atoms with Gasteiger partial charge in [-0.25, -0.2) is 0 Å². The van der Waals surface area contributed by atoms with Gasteiger partial charge in [-0.2, -0.15) is 0 Å². The molecule has 0 amide bonds. The summed E-state index contributed by atoms with van der Waals surface area (Å²) in [4.78, 5) is 13.1. The smallest absolute Gasteiger partial charge is 0.308 e. The zero-order valence-electron chi connectivity index (χ0n) is 18.4. The molecule has 2 aromatic carbocycles. The summed E-state index contributed by atoms with van der Waals surface area (Å²) in [6, 6.07) is 12.5. The van der Waals surface area contributed by atoms with Gasteiger partial charge in [0.05, 0.1) is 12.0 Å². The van der Waals surface area contributed by atoms with Crippen molar-refractivity contribution in [2.24, 2.45) is 17.3 Å². The Bertz CT molecular complexity index is 847. The van der Waals surface area contributed by atoms with E-state index in [0.29, 0.717) is 18.1 Å². The van der Waals surface area contributed by atoms with Crippen LogP contribution in [0, 0.1) is 17.3 Å². The summed E-state index contributed by atoms with van der Waals surface area (Å²) in [7, 11) is 1.94. The lowest BCUT2D eigenvalue weighted by molar-refractivity contribution is -0.140. The molecule has 1 atom stereocenters. The first kappa shape index (κ1) is 21.5. The van der Waals surface area contributed by atoms with Gasteiger partial charge in [-0.1, -0.05) is 39.8 Å². The van der Waals surface area contributed by atoms with Gasteiger partial charge >= 0.3 is 5.97 Å². The van der Waals surface area contributed by atoms with E-state index in [2.05, 4.69) is 57.2 Å². The Kier molecular flexibility index (Phi) is 6.40. The van der Waals surface area contributed by atoms with Gasteiger partial charge in [0, 0.05) is 19.3 Å². The third-order valence-electron chi connectivity index (χ3n) is 6.41. The van der Waals surface area contributed by atoms with E-state index in [1.807, 2.05) is 11.9 Å². The lowest BCUT2D eigenvalue weighted by Gasteiger charge is -2.37. The number of carbonyl (C=O) groups is 1. The van der Waals surface area contributed by atoms with Gasteiger partial charge in [0.15, 0.2) is 0 Å². The maximum absolute atomic E-state index is 11.1. The number of nitrogens with zero attached hydrogens (tertiary/aromatic N) is 1. The van der Waals surface area contributed by atoms with Crippen LogP contribution < -0.4 is 9.64 Å². The van der Waals surface area contributed by atoms with Crippen molar-refractivity contribution in [1.29, 1.82) is 0 Å². The van der Waals surface area contributed by atoms with Crippen LogP contribution in [0.5, 0.6) is 5.75 Å². The minimum atomic E-state index is -0.768. The van der Waals surface area contributed by atoms with Crippen LogP contribution in [0.25, 0.3) is 10.8 Å². The first-order valence-corrected chi connectivity index (χ1v) is 10.8. The number of hydrogen-bond acceptors (Lipinski definition) is 3. The molecule has 0 aliphatic heterocycles. The Morgan fingerprint density at radius 2 is 1.72 bits per heavy atom. The van der Waals surface area contributed by atoms with Gasteiger partial charge in [-0.3, -0.25) is 4.79 Å². The number of carboxylic acid groups (broad SMARTS) is 1. The standard InChI is InChI=1S/C25H35NO3/c1-17(24(27)28)16-26(5)21-10-6-19-15-23(11-7-18(19)14-21)29-22-12-8-20(9-13-22)25(2,3)4/h6-7,10-11,14-15,17,20,22H,8-9,12-13,16H2,1-5H3,(H,27,28). The minimum absolute atomic E-state index is 0.314. The molecule has 3 rings (SSSR count). The number of hydrogen-bond donors (Lipinski definition) is 1. The molecular formula is C25H35NO3. The van der Waals surface area contributed by atoms with Gasteiger partial charge in [-0.15, -0.1) is 0 Å². The Morgan fingerprint density at radius 3 is 2.34 bits per heavy atom. The van der Waals surface area contributed by atoms with Crippen LogP contribution in [-0.4, -0.2) is 30.8 Å². The summed E-state index contributed by atoms with van der Waals surface area (Å²) in [5.41, 5.74) is 1.42. The molecule has 4 heteroatoms. The first-order chi connectivity index (χ1) is 13.6. The van der Waals surface area contributed by atoms with Crippen LogP contribution in [0.15, 0.2) is 36.4 Å². The number of rotatable bonds is 6. The summed E-state index contributed by atoms with van der Waals surface area (Å²) in [5.74, 6) is 0.561. The van der Waals surface area contributed by atoms with Crippen LogP contribution in [0.1, 0.15) is 53.4 Å². The van der Waals surface area contributed by atoms with Crippen molar-refractivity contribution in [2.45, 2.75) is 59.5 Å². The van der Waals surface area contributed by atoms with E-state index in [0.717, 1.165) is 41.0 Å². The van der Waals surface area contributed by atoms with Crippen LogP contribution in [0.3, 0.4) is 0 Å². The monoisotopic (exact) mass is 397 g/mol. The molecule has 1 unspecified atom stereocenters. The molecule has 29 heavy (non-hydrogen) atoms. The van der Waals surface area contributed by atoms with E-state index >= 15 is 0 Å². The van der Waals surface area contributed by atoms with E-state index in [1.54, 1.807) is 6.92 Å². The number of benzene rings is 2. The molecule has 158 valence electrons. The zero-order chi connectivity index (χ0) is 21.2. The zero-order valence-corrected chi connectivity index (χ0v) is 18.4.